The number of hydrogen-bond donors (Lipinski definition) is 2. The van der Waals surface area contributed by atoms with Gasteiger partial charge in [-0.1, -0.05) is 13.8 Å². The Morgan fingerprint density at radius 2 is 2.19 bits per heavy atom. The Balaban J connectivity index is 2.76. The molecule has 4 nitrogen and oxygen atoms in total. The number of hydrogen-bond acceptors (Lipinski definition) is 4. The van der Waals surface area contributed by atoms with E-state index in [2.05, 4.69) is 36.1 Å². The molecule has 90 valence electrons. The Kier molecular flexibility index (Phi) is 4.24. The van der Waals surface area contributed by atoms with Crippen LogP contribution in [0.5, 0.6) is 0 Å². The van der Waals surface area contributed by atoms with Gasteiger partial charge < -0.3 is 11.1 Å². The Labute approximate surface area is 97.7 Å². The van der Waals surface area contributed by atoms with E-state index in [1.54, 1.807) is 6.20 Å². The van der Waals surface area contributed by atoms with E-state index in [9.17, 15) is 0 Å². The monoisotopic (exact) mass is 222 g/mol. The topological polar surface area (TPSA) is 63.8 Å². The van der Waals surface area contributed by atoms with E-state index in [1.807, 2.05) is 13.0 Å². The average Bonchev–Trinajstić information content (AvgIpc) is 2.16. The Morgan fingerprint density at radius 1 is 1.50 bits per heavy atom. The molecule has 0 aliphatic rings. The summed E-state index contributed by atoms with van der Waals surface area (Å²) >= 11 is 0. The van der Waals surface area contributed by atoms with Gasteiger partial charge in [-0.3, -0.25) is 0 Å². The second-order valence-corrected chi connectivity index (χ2v) is 4.98. The van der Waals surface area contributed by atoms with E-state index in [0.29, 0.717) is 12.5 Å². The average molecular weight is 222 g/mol. The number of aromatic nitrogens is 2. The van der Waals surface area contributed by atoms with Crippen molar-refractivity contribution in [3.8, 4) is 0 Å². The second kappa shape index (κ2) is 5.25. The van der Waals surface area contributed by atoms with Gasteiger partial charge in [-0.25, -0.2) is 9.97 Å². The highest BCUT2D eigenvalue weighted by Crippen LogP contribution is 2.20. The van der Waals surface area contributed by atoms with E-state index in [-0.39, 0.29) is 5.54 Å². The van der Waals surface area contributed by atoms with Crippen molar-refractivity contribution in [3.05, 3.63) is 18.1 Å². The summed E-state index contributed by atoms with van der Waals surface area (Å²) < 4.78 is 0. The summed E-state index contributed by atoms with van der Waals surface area (Å²) in [5, 5.41) is 3.40. The molecule has 0 aromatic carbocycles. The molecule has 0 radical (unpaired) electrons. The minimum atomic E-state index is -0.102. The van der Waals surface area contributed by atoms with E-state index < -0.39 is 0 Å². The van der Waals surface area contributed by atoms with Crippen molar-refractivity contribution in [3.63, 3.8) is 0 Å². The van der Waals surface area contributed by atoms with Crippen molar-refractivity contribution in [2.24, 2.45) is 11.7 Å². The zero-order valence-electron chi connectivity index (χ0n) is 10.6. The molecule has 0 spiro atoms. The lowest BCUT2D eigenvalue weighted by Crippen LogP contribution is -2.43. The molecule has 0 saturated heterocycles. The van der Waals surface area contributed by atoms with Gasteiger partial charge in [-0.05, 0) is 32.3 Å². The Hall–Kier alpha value is -1.16. The third kappa shape index (κ3) is 3.77. The molecule has 16 heavy (non-hydrogen) atoms. The van der Waals surface area contributed by atoms with E-state index in [4.69, 9.17) is 5.73 Å². The van der Waals surface area contributed by atoms with Crippen LogP contribution in [0.25, 0.3) is 0 Å². The fourth-order valence-corrected chi connectivity index (χ4v) is 1.92. The SMILES string of the molecule is Cc1nccc(NC(C)(CN)CC(C)C)n1. The van der Waals surface area contributed by atoms with Gasteiger partial charge in [0.05, 0.1) is 0 Å². The standard InChI is InChI=1S/C12H22N4/c1-9(2)7-12(4,8-13)16-11-5-6-14-10(3)15-11/h5-6,9H,7-8,13H2,1-4H3,(H,14,15,16). The third-order valence-corrected chi connectivity index (χ3v) is 2.52. The first-order chi connectivity index (χ1) is 7.45. The maximum atomic E-state index is 5.84. The summed E-state index contributed by atoms with van der Waals surface area (Å²) in [5.41, 5.74) is 5.73. The summed E-state index contributed by atoms with van der Waals surface area (Å²) in [6.07, 6.45) is 2.78. The van der Waals surface area contributed by atoms with Gasteiger partial charge in [0.2, 0.25) is 0 Å². The predicted octanol–water partition coefficient (Wildman–Crippen LogP) is 1.96. The summed E-state index contributed by atoms with van der Waals surface area (Å²) in [7, 11) is 0. The van der Waals surface area contributed by atoms with Crippen LogP contribution in [0.4, 0.5) is 5.82 Å². The molecule has 0 saturated carbocycles. The Bertz CT molecular complexity index is 338. The van der Waals surface area contributed by atoms with E-state index in [1.165, 1.54) is 0 Å². The summed E-state index contributed by atoms with van der Waals surface area (Å²) in [6.45, 7) is 8.99. The molecule has 1 rings (SSSR count). The molecule has 1 aromatic rings. The first kappa shape index (κ1) is 12.9. The van der Waals surface area contributed by atoms with Crippen LogP contribution >= 0.6 is 0 Å². The molecule has 1 aromatic heterocycles. The number of nitrogens with two attached hydrogens (primary N) is 1. The molecular weight excluding hydrogens is 200 g/mol. The smallest absolute Gasteiger partial charge is 0.130 e. The lowest BCUT2D eigenvalue weighted by atomic mass is 9.91. The molecule has 0 aliphatic heterocycles. The van der Waals surface area contributed by atoms with Gasteiger partial charge in [0, 0.05) is 18.3 Å². The van der Waals surface area contributed by atoms with Gasteiger partial charge in [-0.15, -0.1) is 0 Å². The highest BCUT2D eigenvalue weighted by Gasteiger charge is 2.23. The van der Waals surface area contributed by atoms with Gasteiger partial charge in [0.15, 0.2) is 0 Å². The quantitative estimate of drug-likeness (QED) is 0.799. The molecule has 3 N–H and O–H groups in total. The fourth-order valence-electron chi connectivity index (χ4n) is 1.92. The third-order valence-electron chi connectivity index (χ3n) is 2.52. The molecule has 0 bridgehead atoms. The number of rotatable bonds is 5. The van der Waals surface area contributed by atoms with Crippen LogP contribution < -0.4 is 11.1 Å². The first-order valence-electron chi connectivity index (χ1n) is 5.73. The highest BCUT2D eigenvalue weighted by atomic mass is 15.1. The minimum absolute atomic E-state index is 0.102. The van der Waals surface area contributed by atoms with Crippen molar-refractivity contribution in [2.75, 3.05) is 11.9 Å². The summed E-state index contributed by atoms with van der Waals surface area (Å²) in [4.78, 5) is 8.41. The number of aryl methyl sites for hydroxylation is 1. The molecule has 1 unspecified atom stereocenters. The predicted molar refractivity (Wildman–Crippen MR) is 67.3 cm³/mol. The Morgan fingerprint density at radius 3 is 2.69 bits per heavy atom. The van der Waals surface area contributed by atoms with Crippen molar-refractivity contribution >= 4 is 5.82 Å². The largest absolute Gasteiger partial charge is 0.364 e. The van der Waals surface area contributed by atoms with Gasteiger partial charge in [-0.2, -0.15) is 0 Å². The van der Waals surface area contributed by atoms with Gasteiger partial charge in [0.1, 0.15) is 11.6 Å². The van der Waals surface area contributed by atoms with Crippen LogP contribution in [-0.2, 0) is 0 Å². The van der Waals surface area contributed by atoms with Crippen LogP contribution in [0.1, 0.15) is 33.0 Å². The van der Waals surface area contributed by atoms with Crippen LogP contribution in [-0.4, -0.2) is 22.1 Å². The lowest BCUT2D eigenvalue weighted by molar-refractivity contribution is 0.406. The minimum Gasteiger partial charge on any atom is -0.364 e. The molecule has 0 amide bonds. The number of nitrogens with zero attached hydrogens (tertiary/aromatic N) is 2. The second-order valence-electron chi connectivity index (χ2n) is 4.98. The molecular formula is C12H22N4. The van der Waals surface area contributed by atoms with Crippen LogP contribution in [0, 0.1) is 12.8 Å². The molecule has 0 fully saturated rings. The lowest BCUT2D eigenvalue weighted by Gasteiger charge is -2.31. The molecule has 0 aliphatic carbocycles. The molecule has 4 heteroatoms. The van der Waals surface area contributed by atoms with Crippen molar-refractivity contribution in [1.82, 2.24) is 9.97 Å². The van der Waals surface area contributed by atoms with Crippen LogP contribution in [0.15, 0.2) is 12.3 Å². The van der Waals surface area contributed by atoms with E-state index >= 15 is 0 Å². The van der Waals surface area contributed by atoms with Gasteiger partial charge in [0.25, 0.3) is 0 Å². The van der Waals surface area contributed by atoms with Crippen molar-refractivity contribution in [2.45, 2.75) is 39.7 Å². The normalized spacial score (nSPS) is 14.9. The maximum absolute atomic E-state index is 5.84. The maximum Gasteiger partial charge on any atom is 0.130 e. The summed E-state index contributed by atoms with van der Waals surface area (Å²) in [6, 6.07) is 1.88. The summed E-state index contributed by atoms with van der Waals surface area (Å²) in [5.74, 6) is 2.22. The number of anilines is 1. The number of nitrogens with one attached hydrogen (secondary N) is 1. The van der Waals surface area contributed by atoms with Gasteiger partial charge >= 0.3 is 0 Å². The van der Waals surface area contributed by atoms with Crippen LogP contribution in [0.3, 0.4) is 0 Å². The zero-order valence-corrected chi connectivity index (χ0v) is 10.6. The van der Waals surface area contributed by atoms with Crippen LogP contribution in [0.2, 0.25) is 0 Å². The molecule has 1 atom stereocenters. The first-order valence-corrected chi connectivity index (χ1v) is 5.73. The highest BCUT2D eigenvalue weighted by molar-refractivity contribution is 5.36. The van der Waals surface area contributed by atoms with Crippen molar-refractivity contribution < 1.29 is 0 Å². The molecule has 1 heterocycles. The zero-order chi connectivity index (χ0) is 12.2. The fraction of sp³-hybridized carbons (Fsp3) is 0.667. The van der Waals surface area contributed by atoms with E-state index in [0.717, 1.165) is 18.1 Å². The van der Waals surface area contributed by atoms with Crippen molar-refractivity contribution in [1.29, 1.82) is 0 Å².